The molecule has 0 amide bonds. The molecule has 3 aromatic rings. The fraction of sp³-hybridized carbons (Fsp3) is 0.316. The first kappa shape index (κ1) is 17.5. The Morgan fingerprint density at radius 1 is 1.12 bits per heavy atom. The first-order valence-electron chi connectivity index (χ1n) is 8.15. The van der Waals surface area contributed by atoms with E-state index in [1.165, 1.54) is 5.56 Å². The van der Waals surface area contributed by atoms with Crippen molar-refractivity contribution in [1.82, 2.24) is 9.88 Å². The lowest BCUT2D eigenvalue weighted by molar-refractivity contribution is 0.267. The van der Waals surface area contributed by atoms with Crippen molar-refractivity contribution in [3.63, 3.8) is 0 Å². The van der Waals surface area contributed by atoms with Gasteiger partial charge in [0.1, 0.15) is 6.26 Å². The van der Waals surface area contributed by atoms with Crippen molar-refractivity contribution in [2.24, 2.45) is 0 Å². The predicted octanol–water partition coefficient (Wildman–Crippen LogP) is 4.44. The molecule has 0 fully saturated rings. The number of aromatic nitrogens is 1. The van der Waals surface area contributed by atoms with Gasteiger partial charge in [0.15, 0.2) is 11.5 Å². The summed E-state index contributed by atoms with van der Waals surface area (Å²) in [5.41, 5.74) is 2.10. The van der Waals surface area contributed by atoms with Crippen LogP contribution in [0.4, 0.5) is 0 Å². The van der Waals surface area contributed by atoms with Gasteiger partial charge in [-0.15, -0.1) is 11.3 Å². The lowest BCUT2D eigenvalue weighted by Gasteiger charge is -2.19. The van der Waals surface area contributed by atoms with Crippen molar-refractivity contribution < 1.29 is 13.9 Å². The van der Waals surface area contributed by atoms with E-state index in [4.69, 9.17) is 13.9 Å². The Kier molecular flexibility index (Phi) is 5.73. The van der Waals surface area contributed by atoms with Gasteiger partial charge >= 0.3 is 0 Å². The third-order valence-corrected chi connectivity index (χ3v) is 4.83. The molecular weight excluding hydrogens is 336 g/mol. The highest BCUT2D eigenvalue weighted by atomic mass is 32.1. The van der Waals surface area contributed by atoms with E-state index in [0.29, 0.717) is 5.89 Å². The Morgan fingerprint density at radius 3 is 2.64 bits per heavy atom. The Morgan fingerprint density at radius 2 is 1.96 bits per heavy atom. The third-order valence-electron chi connectivity index (χ3n) is 3.97. The number of methoxy groups -OCH3 is 2. The van der Waals surface area contributed by atoms with Gasteiger partial charge < -0.3 is 13.9 Å². The van der Waals surface area contributed by atoms with Crippen LogP contribution in [0.2, 0.25) is 0 Å². The summed E-state index contributed by atoms with van der Waals surface area (Å²) in [6.07, 6.45) is 1.74. The molecular formula is C19H22N2O3S. The topological polar surface area (TPSA) is 47.7 Å². The van der Waals surface area contributed by atoms with Gasteiger partial charge in [-0.25, -0.2) is 4.98 Å². The van der Waals surface area contributed by atoms with E-state index in [1.54, 1.807) is 31.8 Å². The molecule has 0 aliphatic heterocycles. The summed E-state index contributed by atoms with van der Waals surface area (Å²) in [6.45, 7) is 4.59. The van der Waals surface area contributed by atoms with Crippen LogP contribution in [0.1, 0.15) is 18.2 Å². The van der Waals surface area contributed by atoms with Gasteiger partial charge in [-0.05, 0) is 35.7 Å². The quantitative estimate of drug-likeness (QED) is 0.596. The SMILES string of the molecule is CCN(Cc1ccc(OC)c(OC)c1)Cc1coc(-c2cccs2)n1. The van der Waals surface area contributed by atoms with Gasteiger partial charge in [0.05, 0.1) is 24.8 Å². The number of ether oxygens (including phenoxy) is 2. The van der Waals surface area contributed by atoms with Crippen LogP contribution in [0.15, 0.2) is 46.4 Å². The van der Waals surface area contributed by atoms with E-state index < -0.39 is 0 Å². The summed E-state index contributed by atoms with van der Waals surface area (Å²) in [7, 11) is 3.30. The summed E-state index contributed by atoms with van der Waals surface area (Å²) in [5, 5.41) is 2.02. The molecule has 0 atom stereocenters. The van der Waals surface area contributed by atoms with Crippen molar-refractivity contribution in [1.29, 1.82) is 0 Å². The molecule has 25 heavy (non-hydrogen) atoms. The molecule has 0 radical (unpaired) electrons. The highest BCUT2D eigenvalue weighted by Gasteiger charge is 2.12. The molecule has 2 heterocycles. The Hall–Kier alpha value is -2.31. The highest BCUT2D eigenvalue weighted by Crippen LogP contribution is 2.28. The average Bonchev–Trinajstić information content (AvgIpc) is 3.32. The van der Waals surface area contributed by atoms with Crippen LogP contribution in [-0.4, -0.2) is 30.6 Å². The van der Waals surface area contributed by atoms with E-state index >= 15 is 0 Å². The number of oxazole rings is 1. The maximum Gasteiger partial charge on any atom is 0.236 e. The Labute approximate surface area is 151 Å². The minimum absolute atomic E-state index is 0.687. The normalized spacial score (nSPS) is 11.0. The van der Waals surface area contributed by atoms with Gasteiger partial charge in [0, 0.05) is 13.1 Å². The first-order chi connectivity index (χ1) is 12.2. The number of rotatable bonds is 8. The second-order valence-electron chi connectivity index (χ2n) is 5.61. The Balaban J connectivity index is 1.69. The molecule has 0 spiro atoms. The highest BCUT2D eigenvalue weighted by molar-refractivity contribution is 7.13. The van der Waals surface area contributed by atoms with Crippen molar-refractivity contribution in [3.05, 3.63) is 53.2 Å². The average molecular weight is 358 g/mol. The van der Waals surface area contributed by atoms with Crippen LogP contribution >= 0.6 is 11.3 Å². The number of hydrogen-bond donors (Lipinski definition) is 0. The molecule has 0 saturated carbocycles. The molecule has 0 N–H and O–H groups in total. The van der Waals surface area contributed by atoms with E-state index in [1.807, 2.05) is 29.6 Å². The number of thiophene rings is 1. The number of benzene rings is 1. The molecule has 0 bridgehead atoms. The van der Waals surface area contributed by atoms with Gasteiger partial charge in [0.25, 0.3) is 0 Å². The predicted molar refractivity (Wildman–Crippen MR) is 99.2 cm³/mol. The largest absolute Gasteiger partial charge is 0.493 e. The third kappa shape index (κ3) is 4.21. The Bertz CT molecular complexity index is 799. The van der Waals surface area contributed by atoms with Crippen LogP contribution in [0, 0.1) is 0 Å². The summed E-state index contributed by atoms with van der Waals surface area (Å²) in [6, 6.07) is 10.0. The van der Waals surface area contributed by atoms with Crippen LogP contribution < -0.4 is 9.47 Å². The van der Waals surface area contributed by atoms with Crippen LogP contribution in [0.25, 0.3) is 10.8 Å². The maximum atomic E-state index is 5.61. The van der Waals surface area contributed by atoms with Gasteiger partial charge in [-0.2, -0.15) is 0 Å². The van der Waals surface area contributed by atoms with Crippen molar-refractivity contribution in [2.45, 2.75) is 20.0 Å². The summed E-state index contributed by atoms with van der Waals surface area (Å²) in [5.74, 6) is 2.18. The lowest BCUT2D eigenvalue weighted by atomic mass is 10.2. The van der Waals surface area contributed by atoms with E-state index in [-0.39, 0.29) is 0 Å². The van der Waals surface area contributed by atoms with Crippen molar-refractivity contribution in [2.75, 3.05) is 20.8 Å². The second kappa shape index (κ2) is 8.18. The van der Waals surface area contributed by atoms with E-state index in [9.17, 15) is 0 Å². The summed E-state index contributed by atoms with van der Waals surface area (Å²) in [4.78, 5) is 7.95. The molecule has 132 valence electrons. The van der Waals surface area contributed by atoms with Crippen molar-refractivity contribution in [3.8, 4) is 22.3 Å². The standard InChI is InChI=1S/C19H22N2O3S/c1-4-21(11-14-7-8-16(22-2)17(10-14)23-3)12-15-13-24-19(20-15)18-6-5-9-25-18/h5-10,13H,4,11-12H2,1-3H3. The molecule has 2 aromatic heterocycles. The maximum absolute atomic E-state index is 5.61. The van der Waals surface area contributed by atoms with Crippen LogP contribution in [0.5, 0.6) is 11.5 Å². The van der Waals surface area contributed by atoms with Crippen LogP contribution in [-0.2, 0) is 13.1 Å². The van der Waals surface area contributed by atoms with Gasteiger partial charge in [-0.3, -0.25) is 4.90 Å². The van der Waals surface area contributed by atoms with Gasteiger partial charge in [0.2, 0.25) is 5.89 Å². The fourth-order valence-electron chi connectivity index (χ4n) is 2.64. The molecule has 0 aliphatic rings. The fourth-order valence-corrected chi connectivity index (χ4v) is 3.29. The number of hydrogen-bond acceptors (Lipinski definition) is 6. The second-order valence-corrected chi connectivity index (χ2v) is 6.56. The molecule has 6 heteroatoms. The van der Waals surface area contributed by atoms with E-state index in [0.717, 1.165) is 41.7 Å². The molecule has 5 nitrogen and oxygen atoms in total. The molecule has 0 aliphatic carbocycles. The zero-order valence-electron chi connectivity index (χ0n) is 14.7. The summed E-state index contributed by atoms with van der Waals surface area (Å²) < 4.78 is 16.3. The lowest BCUT2D eigenvalue weighted by Crippen LogP contribution is -2.22. The zero-order valence-corrected chi connectivity index (χ0v) is 15.5. The molecule has 0 saturated heterocycles. The minimum atomic E-state index is 0.687. The monoisotopic (exact) mass is 358 g/mol. The molecule has 3 rings (SSSR count). The molecule has 1 aromatic carbocycles. The van der Waals surface area contributed by atoms with E-state index in [2.05, 4.69) is 22.9 Å². The molecule has 0 unspecified atom stereocenters. The summed E-state index contributed by atoms with van der Waals surface area (Å²) >= 11 is 1.63. The smallest absolute Gasteiger partial charge is 0.236 e. The van der Waals surface area contributed by atoms with Gasteiger partial charge in [-0.1, -0.05) is 19.1 Å². The minimum Gasteiger partial charge on any atom is -0.493 e. The van der Waals surface area contributed by atoms with Crippen LogP contribution in [0.3, 0.4) is 0 Å². The zero-order chi connectivity index (χ0) is 17.6. The van der Waals surface area contributed by atoms with Crippen molar-refractivity contribution >= 4 is 11.3 Å². The number of nitrogens with zero attached hydrogens (tertiary/aromatic N) is 2. The first-order valence-corrected chi connectivity index (χ1v) is 9.03.